The van der Waals surface area contributed by atoms with Crippen molar-refractivity contribution in [1.82, 2.24) is 15.5 Å². The largest absolute Gasteiger partial charge is 0.351 e. The Labute approximate surface area is 114 Å². The summed E-state index contributed by atoms with van der Waals surface area (Å²) < 4.78 is 0. The van der Waals surface area contributed by atoms with Gasteiger partial charge in [0.15, 0.2) is 0 Å². The maximum absolute atomic E-state index is 11.9. The van der Waals surface area contributed by atoms with Crippen molar-refractivity contribution in [3.8, 4) is 0 Å². The number of carbonyl (C=O) groups excluding carboxylic acids is 2. The van der Waals surface area contributed by atoms with E-state index < -0.39 is 6.03 Å². The van der Waals surface area contributed by atoms with Crippen LogP contribution in [0.15, 0.2) is 0 Å². The fourth-order valence-corrected chi connectivity index (χ4v) is 2.77. The van der Waals surface area contributed by atoms with E-state index in [1.807, 2.05) is 6.92 Å². The lowest BCUT2D eigenvalue weighted by molar-refractivity contribution is -0.125. The van der Waals surface area contributed by atoms with Gasteiger partial charge in [0.05, 0.1) is 6.04 Å². The molecule has 0 spiro atoms. The number of hydrogen-bond donors (Lipinski definition) is 3. The van der Waals surface area contributed by atoms with Crippen LogP contribution in [0.2, 0.25) is 0 Å². The van der Waals surface area contributed by atoms with E-state index in [0.717, 1.165) is 45.3 Å². The Bertz CT molecular complexity index is 338. The molecule has 1 aliphatic carbocycles. The first kappa shape index (κ1) is 14.3. The van der Waals surface area contributed by atoms with E-state index in [2.05, 4.69) is 15.5 Å². The Hall–Kier alpha value is -1.14. The molecule has 1 atom stereocenters. The standard InChI is InChI=1S/C13H24N4O2/c1-9(12(18)16-13(14)19)17(11-2-3-11)8-10-4-6-15-7-5-10/h9-11,15H,2-8H2,1H3,(H3,14,16,18,19). The highest BCUT2D eigenvalue weighted by atomic mass is 16.2. The van der Waals surface area contributed by atoms with Crippen molar-refractivity contribution in [2.45, 2.75) is 44.7 Å². The SMILES string of the molecule is CC(C(=O)NC(N)=O)N(CC1CCNCC1)C1CC1. The molecule has 2 aliphatic rings. The van der Waals surface area contributed by atoms with Crippen molar-refractivity contribution in [2.24, 2.45) is 11.7 Å². The summed E-state index contributed by atoms with van der Waals surface area (Å²) in [5.74, 6) is 0.360. The second kappa shape index (κ2) is 6.34. The van der Waals surface area contributed by atoms with Crippen LogP contribution < -0.4 is 16.4 Å². The lowest BCUT2D eigenvalue weighted by Gasteiger charge is -2.33. The highest BCUT2D eigenvalue weighted by molar-refractivity contribution is 5.96. The fraction of sp³-hybridized carbons (Fsp3) is 0.846. The number of rotatable bonds is 5. The summed E-state index contributed by atoms with van der Waals surface area (Å²) >= 11 is 0. The molecule has 4 N–H and O–H groups in total. The summed E-state index contributed by atoms with van der Waals surface area (Å²) in [6.07, 6.45) is 4.62. The monoisotopic (exact) mass is 268 g/mol. The minimum Gasteiger partial charge on any atom is -0.351 e. The first-order valence-corrected chi connectivity index (χ1v) is 7.14. The van der Waals surface area contributed by atoms with E-state index in [9.17, 15) is 9.59 Å². The quantitative estimate of drug-likeness (QED) is 0.656. The highest BCUT2D eigenvalue weighted by Crippen LogP contribution is 2.30. The van der Waals surface area contributed by atoms with Crippen LogP contribution in [0.1, 0.15) is 32.6 Å². The lowest BCUT2D eigenvalue weighted by Crippen LogP contribution is -2.51. The summed E-state index contributed by atoms with van der Waals surface area (Å²) in [5.41, 5.74) is 5.01. The molecular weight excluding hydrogens is 244 g/mol. The van der Waals surface area contributed by atoms with Crippen LogP contribution in [0.4, 0.5) is 4.79 Å². The molecule has 2 rings (SSSR count). The van der Waals surface area contributed by atoms with E-state index in [4.69, 9.17) is 5.73 Å². The van der Waals surface area contributed by atoms with Crippen molar-refractivity contribution >= 4 is 11.9 Å². The van der Waals surface area contributed by atoms with Crippen molar-refractivity contribution in [3.63, 3.8) is 0 Å². The Morgan fingerprint density at radius 1 is 1.32 bits per heavy atom. The average Bonchev–Trinajstić information content (AvgIpc) is 3.20. The molecule has 1 unspecified atom stereocenters. The van der Waals surface area contributed by atoms with Gasteiger partial charge < -0.3 is 11.1 Å². The van der Waals surface area contributed by atoms with Gasteiger partial charge in [0.2, 0.25) is 5.91 Å². The van der Waals surface area contributed by atoms with Crippen molar-refractivity contribution in [1.29, 1.82) is 0 Å². The lowest BCUT2D eigenvalue weighted by atomic mass is 9.97. The summed E-state index contributed by atoms with van der Waals surface area (Å²) in [6, 6.07) is -0.548. The number of imide groups is 1. The second-order valence-corrected chi connectivity index (χ2v) is 5.65. The van der Waals surface area contributed by atoms with E-state index >= 15 is 0 Å². The van der Waals surface area contributed by atoms with Crippen molar-refractivity contribution < 1.29 is 9.59 Å². The minimum absolute atomic E-state index is 0.283. The average molecular weight is 268 g/mol. The molecule has 0 radical (unpaired) electrons. The predicted octanol–water partition coefficient (Wildman–Crippen LogP) is 0.0338. The molecule has 108 valence electrons. The molecule has 0 aromatic rings. The summed E-state index contributed by atoms with van der Waals surface area (Å²) in [7, 11) is 0. The number of carbonyl (C=O) groups is 2. The number of hydrogen-bond acceptors (Lipinski definition) is 4. The van der Waals surface area contributed by atoms with Crippen LogP contribution in [0, 0.1) is 5.92 Å². The highest BCUT2D eigenvalue weighted by Gasteiger charge is 2.36. The number of piperidine rings is 1. The van der Waals surface area contributed by atoms with Crippen molar-refractivity contribution in [2.75, 3.05) is 19.6 Å². The third-order valence-corrected chi connectivity index (χ3v) is 4.07. The van der Waals surface area contributed by atoms with Crippen LogP contribution in [0.25, 0.3) is 0 Å². The zero-order valence-electron chi connectivity index (χ0n) is 11.5. The Morgan fingerprint density at radius 2 is 1.95 bits per heavy atom. The molecule has 1 heterocycles. The molecule has 1 saturated heterocycles. The van der Waals surface area contributed by atoms with E-state index in [1.165, 1.54) is 0 Å². The number of primary amides is 1. The molecule has 19 heavy (non-hydrogen) atoms. The predicted molar refractivity (Wildman–Crippen MR) is 72.5 cm³/mol. The fourth-order valence-electron chi connectivity index (χ4n) is 2.77. The smallest absolute Gasteiger partial charge is 0.318 e. The van der Waals surface area contributed by atoms with Crippen LogP contribution >= 0.6 is 0 Å². The van der Waals surface area contributed by atoms with Gasteiger partial charge in [-0.15, -0.1) is 0 Å². The number of nitrogens with zero attached hydrogens (tertiary/aromatic N) is 1. The van der Waals surface area contributed by atoms with Crippen LogP contribution in [-0.2, 0) is 4.79 Å². The summed E-state index contributed by atoms with van der Waals surface area (Å²) in [5, 5.41) is 5.54. The van der Waals surface area contributed by atoms with Crippen LogP contribution in [-0.4, -0.2) is 48.6 Å². The normalized spacial score (nSPS) is 22.2. The van der Waals surface area contributed by atoms with Crippen LogP contribution in [0.5, 0.6) is 0 Å². The van der Waals surface area contributed by atoms with Gasteiger partial charge in [-0.1, -0.05) is 0 Å². The molecule has 2 fully saturated rings. The molecule has 1 saturated carbocycles. The Morgan fingerprint density at radius 3 is 2.47 bits per heavy atom. The van der Waals surface area contributed by atoms with Crippen molar-refractivity contribution in [3.05, 3.63) is 0 Å². The first-order valence-electron chi connectivity index (χ1n) is 7.14. The van der Waals surface area contributed by atoms with Crippen LogP contribution in [0.3, 0.4) is 0 Å². The Kier molecular flexibility index (Phi) is 4.76. The van der Waals surface area contributed by atoms with E-state index in [0.29, 0.717) is 12.0 Å². The van der Waals surface area contributed by atoms with Gasteiger partial charge in [0.1, 0.15) is 0 Å². The number of amides is 3. The van der Waals surface area contributed by atoms with Gasteiger partial charge >= 0.3 is 6.03 Å². The van der Waals surface area contributed by atoms with Gasteiger partial charge in [-0.3, -0.25) is 15.0 Å². The maximum atomic E-state index is 11.9. The van der Waals surface area contributed by atoms with Gasteiger partial charge in [0.25, 0.3) is 0 Å². The molecular formula is C13H24N4O2. The van der Waals surface area contributed by atoms with E-state index in [-0.39, 0.29) is 11.9 Å². The van der Waals surface area contributed by atoms with Gasteiger partial charge in [-0.25, -0.2) is 4.79 Å². The third-order valence-electron chi connectivity index (χ3n) is 4.07. The number of nitrogens with two attached hydrogens (primary N) is 1. The molecule has 0 aromatic carbocycles. The molecule has 0 bridgehead atoms. The molecule has 3 amide bonds. The topological polar surface area (TPSA) is 87.5 Å². The maximum Gasteiger partial charge on any atom is 0.318 e. The molecule has 1 aliphatic heterocycles. The number of urea groups is 1. The third kappa shape index (κ3) is 4.18. The summed E-state index contributed by atoms with van der Waals surface area (Å²) in [4.78, 5) is 24.9. The zero-order chi connectivity index (χ0) is 13.8. The second-order valence-electron chi connectivity index (χ2n) is 5.65. The summed E-state index contributed by atoms with van der Waals surface area (Å²) in [6.45, 7) is 4.92. The zero-order valence-corrected chi connectivity index (χ0v) is 11.5. The molecule has 0 aromatic heterocycles. The van der Waals surface area contributed by atoms with Gasteiger partial charge in [0, 0.05) is 12.6 Å². The molecule has 6 heteroatoms. The number of nitrogens with one attached hydrogen (secondary N) is 2. The van der Waals surface area contributed by atoms with Gasteiger partial charge in [-0.05, 0) is 51.6 Å². The first-order chi connectivity index (χ1) is 9.08. The molecule has 6 nitrogen and oxygen atoms in total. The van der Waals surface area contributed by atoms with Gasteiger partial charge in [-0.2, -0.15) is 0 Å². The van der Waals surface area contributed by atoms with E-state index in [1.54, 1.807) is 0 Å². The minimum atomic E-state index is -0.769. The Balaban J connectivity index is 1.90.